The molecule has 0 spiro atoms. The van der Waals surface area contributed by atoms with E-state index in [4.69, 9.17) is 4.52 Å². The smallest absolute Gasteiger partial charge is 0.286 e. The lowest BCUT2D eigenvalue weighted by Crippen LogP contribution is -2.41. The Labute approximate surface area is 128 Å². The molecule has 1 aromatic carbocycles. The minimum atomic E-state index is -0.662. The molecule has 108 valence electrons. The molecule has 0 fully saturated rings. The van der Waals surface area contributed by atoms with Gasteiger partial charge >= 0.3 is 11.3 Å². The Hall–Kier alpha value is -1.80. The molecule has 8 heteroatoms. The molecule has 2 heterocycles. The summed E-state index contributed by atoms with van der Waals surface area (Å²) < 4.78 is 7.03. The number of aliphatic imine (C=N–C) groups is 1. The van der Waals surface area contributed by atoms with Gasteiger partial charge in [-0.2, -0.15) is 0 Å². The van der Waals surface area contributed by atoms with E-state index < -0.39 is 5.63 Å². The number of para-hydroxylation sites is 1. The van der Waals surface area contributed by atoms with Crippen molar-refractivity contribution in [2.75, 3.05) is 18.1 Å². The van der Waals surface area contributed by atoms with Gasteiger partial charge in [0.2, 0.25) is 11.5 Å². The first-order valence-electron chi connectivity index (χ1n) is 6.28. The lowest BCUT2D eigenvalue weighted by atomic mass is 10.3. The van der Waals surface area contributed by atoms with Crippen LogP contribution in [-0.2, 0) is 0 Å². The molecule has 0 amide bonds. The van der Waals surface area contributed by atoms with Gasteiger partial charge in [0.05, 0.1) is 12.3 Å². The van der Waals surface area contributed by atoms with Crippen LogP contribution in [0.1, 0.15) is 10.5 Å². The summed E-state index contributed by atoms with van der Waals surface area (Å²) in [5.41, 5.74) is 0.00652. The SMILES string of the molecule is O=C(CSC1=NCCS1)c1c(=O)o[nH][n+]1-c1ccccc1. The van der Waals surface area contributed by atoms with E-state index in [1.54, 1.807) is 23.9 Å². The summed E-state index contributed by atoms with van der Waals surface area (Å²) in [4.78, 5) is 28.3. The molecule has 0 saturated heterocycles. The summed E-state index contributed by atoms with van der Waals surface area (Å²) >= 11 is 2.99. The number of hydrogen-bond acceptors (Lipinski definition) is 6. The van der Waals surface area contributed by atoms with E-state index in [-0.39, 0.29) is 17.2 Å². The Balaban J connectivity index is 1.83. The second-order valence-corrected chi connectivity index (χ2v) is 6.51. The highest BCUT2D eigenvalue weighted by Crippen LogP contribution is 2.22. The number of H-pyrrole nitrogens is 1. The van der Waals surface area contributed by atoms with Crippen molar-refractivity contribution in [2.45, 2.75) is 0 Å². The molecule has 21 heavy (non-hydrogen) atoms. The van der Waals surface area contributed by atoms with E-state index in [2.05, 4.69) is 10.3 Å². The van der Waals surface area contributed by atoms with Gasteiger partial charge in [0.1, 0.15) is 4.38 Å². The van der Waals surface area contributed by atoms with Crippen LogP contribution in [0, 0.1) is 0 Å². The van der Waals surface area contributed by atoms with Crippen LogP contribution in [0.5, 0.6) is 0 Å². The summed E-state index contributed by atoms with van der Waals surface area (Å²) in [6, 6.07) is 9.06. The molecule has 0 radical (unpaired) electrons. The normalized spacial score (nSPS) is 14.2. The number of ketones is 1. The largest absolute Gasteiger partial charge is 0.438 e. The third-order valence-electron chi connectivity index (χ3n) is 2.81. The van der Waals surface area contributed by atoms with Gasteiger partial charge in [-0.3, -0.25) is 14.3 Å². The molecular weight excluding hydrogens is 310 g/mol. The number of nitrogens with one attached hydrogen (secondary N) is 1. The van der Waals surface area contributed by atoms with Crippen LogP contribution in [0.25, 0.3) is 5.69 Å². The maximum absolute atomic E-state index is 12.3. The van der Waals surface area contributed by atoms with Crippen molar-refractivity contribution in [3.63, 3.8) is 0 Å². The van der Waals surface area contributed by atoms with Crippen LogP contribution in [0.4, 0.5) is 0 Å². The third kappa shape index (κ3) is 3.11. The van der Waals surface area contributed by atoms with Crippen LogP contribution in [0.3, 0.4) is 0 Å². The monoisotopic (exact) mass is 322 g/mol. The van der Waals surface area contributed by atoms with Crippen LogP contribution in [0.15, 0.2) is 44.6 Å². The van der Waals surface area contributed by atoms with E-state index in [0.29, 0.717) is 5.69 Å². The maximum Gasteiger partial charge on any atom is 0.438 e. The minimum Gasteiger partial charge on any atom is -0.286 e. The molecule has 1 N–H and O–H groups in total. The summed E-state index contributed by atoms with van der Waals surface area (Å²) in [5, 5.41) is 2.46. The second kappa shape index (κ2) is 6.31. The van der Waals surface area contributed by atoms with E-state index in [1.807, 2.05) is 18.2 Å². The number of carbonyl (C=O) groups is 1. The zero-order valence-electron chi connectivity index (χ0n) is 10.9. The first-order chi connectivity index (χ1) is 10.3. The number of nitrogens with zero attached hydrogens (tertiary/aromatic N) is 2. The second-order valence-electron chi connectivity index (χ2n) is 4.21. The molecule has 1 aliphatic heterocycles. The van der Waals surface area contributed by atoms with Crippen molar-refractivity contribution in [3.05, 3.63) is 46.4 Å². The van der Waals surface area contributed by atoms with Gasteiger partial charge in [-0.25, -0.2) is 4.79 Å². The third-order valence-corrected chi connectivity index (χ3v) is 5.06. The van der Waals surface area contributed by atoms with Crippen molar-refractivity contribution in [2.24, 2.45) is 4.99 Å². The minimum absolute atomic E-state index is 0.00250. The van der Waals surface area contributed by atoms with Crippen LogP contribution in [-0.4, -0.2) is 33.5 Å². The number of thioether (sulfide) groups is 2. The Morgan fingerprint density at radius 3 is 2.95 bits per heavy atom. The molecule has 3 rings (SSSR count). The quantitative estimate of drug-likeness (QED) is 0.677. The standard InChI is InChI=1S/C13H11N3O3S2/c17-10(8-21-13-14-6-7-20-13)11-12(18)19-15-16(11)9-4-2-1-3-5-9/h1-5H,6-8H2/p+1. The van der Waals surface area contributed by atoms with Crippen molar-refractivity contribution < 1.29 is 14.0 Å². The Bertz CT molecular complexity index is 737. The van der Waals surface area contributed by atoms with Crippen molar-refractivity contribution in [3.8, 4) is 5.69 Å². The summed E-state index contributed by atoms with van der Waals surface area (Å²) in [7, 11) is 0. The Morgan fingerprint density at radius 1 is 1.43 bits per heavy atom. The van der Waals surface area contributed by atoms with Crippen molar-refractivity contribution in [1.82, 2.24) is 5.27 Å². The molecule has 0 bridgehead atoms. The number of Topliss-reactive ketones (excluding diaryl/α,β-unsaturated/α-hetero) is 1. The summed E-state index contributed by atoms with van der Waals surface area (Å²) in [6.45, 7) is 0.789. The van der Waals surface area contributed by atoms with E-state index in [9.17, 15) is 9.59 Å². The van der Waals surface area contributed by atoms with Crippen molar-refractivity contribution >= 4 is 33.7 Å². The number of hydrogen-bond donors (Lipinski definition) is 1. The predicted octanol–water partition coefficient (Wildman–Crippen LogP) is 1.26. The fraction of sp³-hybridized carbons (Fsp3) is 0.231. The number of rotatable bonds is 4. The van der Waals surface area contributed by atoms with E-state index in [0.717, 1.165) is 16.7 Å². The maximum atomic E-state index is 12.3. The Morgan fingerprint density at radius 2 is 2.24 bits per heavy atom. The zero-order chi connectivity index (χ0) is 14.7. The first-order valence-corrected chi connectivity index (χ1v) is 8.25. The average molecular weight is 322 g/mol. The van der Waals surface area contributed by atoms with E-state index >= 15 is 0 Å². The molecule has 0 atom stereocenters. The van der Waals surface area contributed by atoms with Crippen molar-refractivity contribution in [1.29, 1.82) is 0 Å². The number of aromatic nitrogens is 2. The molecule has 1 aliphatic rings. The summed E-state index contributed by atoms with van der Waals surface area (Å²) in [6.07, 6.45) is 0. The number of carbonyl (C=O) groups excluding carboxylic acids is 1. The first kappa shape index (κ1) is 14.2. The molecule has 0 saturated carbocycles. The fourth-order valence-electron chi connectivity index (χ4n) is 1.87. The van der Waals surface area contributed by atoms with Gasteiger partial charge in [-0.05, 0) is 9.95 Å². The van der Waals surface area contributed by atoms with Crippen LogP contribution < -0.4 is 10.3 Å². The topological polar surface area (TPSA) is 79.3 Å². The lowest BCUT2D eigenvalue weighted by Gasteiger charge is -1.96. The molecular formula is C13H12N3O3S2+. The highest BCUT2D eigenvalue weighted by molar-refractivity contribution is 8.39. The van der Waals surface area contributed by atoms with E-state index in [1.165, 1.54) is 16.4 Å². The van der Waals surface area contributed by atoms with Gasteiger partial charge in [-0.15, -0.1) is 0 Å². The molecule has 2 aromatic rings. The number of benzene rings is 1. The molecule has 1 aromatic heterocycles. The molecule has 0 aliphatic carbocycles. The van der Waals surface area contributed by atoms with Crippen LogP contribution >= 0.6 is 23.5 Å². The highest BCUT2D eigenvalue weighted by atomic mass is 32.2. The Kier molecular flexibility index (Phi) is 4.26. The van der Waals surface area contributed by atoms with Gasteiger partial charge in [-0.1, -0.05) is 41.7 Å². The predicted molar refractivity (Wildman–Crippen MR) is 82.4 cm³/mol. The van der Waals surface area contributed by atoms with Gasteiger partial charge in [0.25, 0.3) is 0 Å². The lowest BCUT2D eigenvalue weighted by molar-refractivity contribution is -0.672. The highest BCUT2D eigenvalue weighted by Gasteiger charge is 2.30. The van der Waals surface area contributed by atoms with Gasteiger partial charge in [0, 0.05) is 17.9 Å². The zero-order valence-corrected chi connectivity index (χ0v) is 12.6. The molecule has 0 unspecified atom stereocenters. The van der Waals surface area contributed by atoms with Gasteiger partial charge < -0.3 is 0 Å². The fourth-order valence-corrected chi connectivity index (χ4v) is 3.74. The van der Waals surface area contributed by atoms with Gasteiger partial charge in [0.15, 0.2) is 0 Å². The van der Waals surface area contributed by atoms with Crippen LogP contribution in [0.2, 0.25) is 0 Å². The number of aromatic amines is 1. The average Bonchev–Trinajstić information content (AvgIpc) is 3.15. The summed E-state index contributed by atoms with van der Waals surface area (Å²) in [5.74, 6) is 0.836. The molecule has 6 nitrogen and oxygen atoms in total.